The van der Waals surface area contributed by atoms with Crippen LogP contribution >= 0.6 is 0 Å². The molecule has 0 bridgehead atoms. The SMILES string of the molecule is O=C([O-])[O-].[Cl-].[Nd+3].[Pr+3]. The van der Waals surface area contributed by atoms with Crippen LogP contribution in [0.2, 0.25) is 0 Å². The number of carbonyl (C=O) groups excluding carboxylic acids is 1. The molecular formula is CClNdO3Pr+3. The van der Waals surface area contributed by atoms with E-state index in [0.29, 0.717) is 0 Å². The minimum Gasteiger partial charge on any atom is -1.00 e. The van der Waals surface area contributed by atoms with Crippen molar-refractivity contribution >= 4 is 6.16 Å². The molecule has 0 aromatic carbocycles. The molecule has 7 heavy (non-hydrogen) atoms. The molecule has 0 aliphatic heterocycles. The second-order valence-electron chi connectivity index (χ2n) is 0.250. The summed E-state index contributed by atoms with van der Waals surface area (Å²) in [5.41, 5.74) is 0. The largest absolute Gasteiger partial charge is 3.00 e. The van der Waals surface area contributed by atoms with Gasteiger partial charge in [-0.3, -0.25) is 0 Å². The number of carbonyl (C=O) groups is 1. The van der Waals surface area contributed by atoms with Gasteiger partial charge in [0.05, 0.1) is 0 Å². The molecule has 6 heteroatoms. The van der Waals surface area contributed by atoms with Crippen molar-refractivity contribution in [2.75, 3.05) is 0 Å². The Morgan fingerprint density at radius 1 is 1.29 bits per heavy atom. The first-order valence-electron chi connectivity index (χ1n) is 0.612. The quantitative estimate of drug-likeness (QED) is 0.421. The van der Waals surface area contributed by atoms with Crippen molar-refractivity contribution in [1.29, 1.82) is 0 Å². The van der Waals surface area contributed by atoms with Gasteiger partial charge in [-0.05, 0) is 6.16 Å². The first kappa shape index (κ1) is 22.8. The standard InChI is InChI=1S/CH2O3.ClH.Nd.Pr/c2-1(3)4;;;/h(H2,2,3,4);1H;;/q;;2*+3/p-3. The zero-order chi connectivity index (χ0) is 3.58. The van der Waals surface area contributed by atoms with Crippen LogP contribution in [0, 0.1) is 82.1 Å². The third-order valence-electron chi connectivity index (χ3n) is 0. The van der Waals surface area contributed by atoms with E-state index in [1.165, 1.54) is 0 Å². The van der Waals surface area contributed by atoms with Gasteiger partial charge in [-0.1, -0.05) is 0 Å². The maximum atomic E-state index is 8.33. The van der Waals surface area contributed by atoms with Gasteiger partial charge in [-0.25, -0.2) is 0 Å². The zero-order valence-corrected chi connectivity index (χ0v) is 10.8. The predicted molar refractivity (Wildman–Crippen MR) is 5.40 cm³/mol. The van der Waals surface area contributed by atoms with Gasteiger partial charge in [0.15, 0.2) is 0 Å². The molecule has 3 nitrogen and oxygen atoms in total. The van der Waals surface area contributed by atoms with Gasteiger partial charge < -0.3 is 27.4 Å². The number of hydrogen-bond donors (Lipinski definition) is 0. The maximum absolute atomic E-state index is 8.33. The summed E-state index contributed by atoms with van der Waals surface area (Å²) < 4.78 is 0. The van der Waals surface area contributed by atoms with E-state index >= 15 is 0 Å². The Balaban J connectivity index is -0.0000000150. The normalized spacial score (nSPS) is 3.43. The summed E-state index contributed by atoms with van der Waals surface area (Å²) in [6.07, 6.45) is -2.33. The van der Waals surface area contributed by atoms with Crippen molar-refractivity contribution in [3.63, 3.8) is 0 Å². The van der Waals surface area contributed by atoms with E-state index in [9.17, 15) is 0 Å². The summed E-state index contributed by atoms with van der Waals surface area (Å²) >= 11 is 0. The zero-order valence-electron chi connectivity index (χ0n) is 3.18. The summed E-state index contributed by atoms with van der Waals surface area (Å²) in [6, 6.07) is 0. The van der Waals surface area contributed by atoms with Crippen molar-refractivity contribution in [2.45, 2.75) is 0 Å². The van der Waals surface area contributed by atoms with Crippen molar-refractivity contribution in [3.05, 3.63) is 0 Å². The van der Waals surface area contributed by atoms with Gasteiger partial charge >= 0.3 is 82.1 Å². The molecule has 0 rings (SSSR count). The van der Waals surface area contributed by atoms with Gasteiger partial charge in [0.25, 0.3) is 0 Å². The Morgan fingerprint density at radius 3 is 1.29 bits per heavy atom. The summed E-state index contributed by atoms with van der Waals surface area (Å²) in [5, 5.41) is 16.7. The van der Waals surface area contributed by atoms with Gasteiger partial charge in [0.1, 0.15) is 0 Å². The van der Waals surface area contributed by atoms with E-state index in [1.807, 2.05) is 0 Å². The molecule has 0 aliphatic rings. The van der Waals surface area contributed by atoms with Crippen molar-refractivity contribution < 1.29 is 110 Å². The first-order valence-corrected chi connectivity index (χ1v) is 0.612. The van der Waals surface area contributed by atoms with E-state index in [1.54, 1.807) is 0 Å². The van der Waals surface area contributed by atoms with Crippen LogP contribution in [-0.2, 0) is 0 Å². The molecule has 0 N–H and O–H groups in total. The average molecular weight is 381 g/mol. The van der Waals surface area contributed by atoms with Crippen LogP contribution in [0.5, 0.6) is 0 Å². The molecule has 0 spiro atoms. The summed E-state index contributed by atoms with van der Waals surface area (Å²) in [7, 11) is 0. The van der Waals surface area contributed by atoms with Crippen LogP contribution in [0.25, 0.3) is 0 Å². The van der Waals surface area contributed by atoms with Crippen LogP contribution in [0.4, 0.5) is 4.79 Å². The fourth-order valence-corrected chi connectivity index (χ4v) is 0. The summed E-state index contributed by atoms with van der Waals surface area (Å²) in [6.45, 7) is 0. The molecule has 0 heterocycles. The maximum Gasteiger partial charge on any atom is 3.00 e. The Kier molecular flexibility index (Phi) is 51.3. The number of carboxylic acid groups (broad SMARTS) is 2. The van der Waals surface area contributed by atoms with E-state index < -0.39 is 6.16 Å². The first-order chi connectivity index (χ1) is 1.73. The smallest absolute Gasteiger partial charge is 1.00 e. The van der Waals surface area contributed by atoms with Crippen molar-refractivity contribution in [2.24, 2.45) is 0 Å². The van der Waals surface area contributed by atoms with E-state index in [-0.39, 0.29) is 94.5 Å². The second kappa shape index (κ2) is 15.7. The Bertz CT molecular complexity index is 37.9. The van der Waals surface area contributed by atoms with E-state index in [4.69, 9.17) is 15.0 Å². The Hall–Kier alpha value is 2.27. The molecule has 0 amide bonds. The molecule has 0 saturated carbocycles. The van der Waals surface area contributed by atoms with Gasteiger partial charge in [-0.15, -0.1) is 0 Å². The minimum atomic E-state index is -2.33. The molecule has 0 saturated heterocycles. The molecule has 0 fully saturated rings. The third-order valence-corrected chi connectivity index (χ3v) is 0. The summed E-state index contributed by atoms with van der Waals surface area (Å²) in [4.78, 5) is 8.33. The predicted octanol–water partition coefficient (Wildman–Crippen LogP) is -5.44. The number of hydrogen-bond acceptors (Lipinski definition) is 3. The molecular weight excluding hydrogens is 381 g/mol. The molecule has 0 unspecified atom stereocenters. The Labute approximate surface area is 113 Å². The van der Waals surface area contributed by atoms with Gasteiger partial charge in [-0.2, -0.15) is 0 Å². The van der Waals surface area contributed by atoms with Crippen LogP contribution in [0.3, 0.4) is 0 Å². The van der Waals surface area contributed by atoms with Crippen molar-refractivity contribution in [1.82, 2.24) is 0 Å². The van der Waals surface area contributed by atoms with E-state index in [2.05, 4.69) is 0 Å². The summed E-state index contributed by atoms with van der Waals surface area (Å²) in [5.74, 6) is 0. The van der Waals surface area contributed by atoms with Crippen LogP contribution in [-0.4, -0.2) is 6.16 Å². The molecule has 0 aromatic heterocycles. The van der Waals surface area contributed by atoms with Crippen LogP contribution in [0.15, 0.2) is 0 Å². The topological polar surface area (TPSA) is 63.2 Å². The fourth-order valence-electron chi connectivity index (χ4n) is 0. The Morgan fingerprint density at radius 2 is 1.29 bits per heavy atom. The average Bonchev–Trinajstić information content (AvgIpc) is 0.811. The minimum absolute atomic E-state index is 0. The van der Waals surface area contributed by atoms with E-state index in [0.717, 1.165) is 0 Å². The molecule has 0 atom stereocenters. The van der Waals surface area contributed by atoms with Crippen molar-refractivity contribution in [3.8, 4) is 0 Å². The van der Waals surface area contributed by atoms with Gasteiger partial charge in [0, 0.05) is 0 Å². The third kappa shape index (κ3) is 63.0. The monoisotopic (exact) mass is 378 g/mol. The second-order valence-corrected chi connectivity index (χ2v) is 0.250. The number of halogens is 1. The molecule has 1 radical (unpaired) electrons. The number of rotatable bonds is 0. The van der Waals surface area contributed by atoms with Crippen LogP contribution in [0.1, 0.15) is 0 Å². The molecule has 33 valence electrons. The molecule has 0 aromatic rings. The van der Waals surface area contributed by atoms with Crippen LogP contribution < -0.4 is 22.6 Å². The molecule has 0 aliphatic carbocycles. The fraction of sp³-hybridized carbons (Fsp3) is 0. The van der Waals surface area contributed by atoms with Gasteiger partial charge in [0.2, 0.25) is 0 Å².